The maximum Gasteiger partial charge on any atom is 0.271 e. The largest absolute Gasteiger partial charge is 0.488 e. The minimum absolute atomic E-state index is 0.174. The molecule has 0 bridgehead atoms. The molecule has 1 aliphatic rings. The number of nitrogens with zero attached hydrogens (tertiary/aromatic N) is 2. The van der Waals surface area contributed by atoms with E-state index in [1.165, 1.54) is 23.9 Å². The summed E-state index contributed by atoms with van der Waals surface area (Å²) in [6, 6.07) is 32.2. The number of ether oxygens (including phenoxy) is 1. The Hall–Kier alpha value is -4.10. The fourth-order valence-corrected chi connectivity index (χ4v) is 5.70. The van der Waals surface area contributed by atoms with Crippen LogP contribution in [0, 0.1) is 5.82 Å². The second kappa shape index (κ2) is 11.8. The average Bonchev–Trinajstić information content (AvgIpc) is 3.28. The smallest absolute Gasteiger partial charge is 0.271 e. The van der Waals surface area contributed by atoms with E-state index in [9.17, 15) is 9.18 Å². The zero-order valence-corrected chi connectivity index (χ0v) is 23.8. The van der Waals surface area contributed by atoms with E-state index in [-0.39, 0.29) is 18.3 Å². The standard InChI is InChI=1S/C33H21Cl2FN2O2S/c34-23-9-13-26(14-10-23)37-33-38(27-15-11-24(35)12-16-27)32(39)31(41-33)19-29-28-7-2-1-5-22(28)8-17-30(29)40-20-21-4-3-6-25(36)18-21/h1-19H,20H2/b31-19-,37-33?. The van der Waals surface area contributed by atoms with Gasteiger partial charge in [-0.05, 0) is 101 Å². The molecule has 1 fully saturated rings. The molecule has 5 aromatic carbocycles. The van der Waals surface area contributed by atoms with Crippen molar-refractivity contribution in [3.8, 4) is 5.75 Å². The molecule has 8 heteroatoms. The van der Waals surface area contributed by atoms with Gasteiger partial charge in [0.25, 0.3) is 5.91 Å². The first-order valence-electron chi connectivity index (χ1n) is 12.7. The first-order chi connectivity index (χ1) is 19.9. The first-order valence-corrected chi connectivity index (χ1v) is 14.2. The van der Waals surface area contributed by atoms with Gasteiger partial charge in [0.15, 0.2) is 5.17 Å². The van der Waals surface area contributed by atoms with Crippen LogP contribution < -0.4 is 9.64 Å². The van der Waals surface area contributed by atoms with Gasteiger partial charge in [-0.2, -0.15) is 0 Å². The molecule has 202 valence electrons. The van der Waals surface area contributed by atoms with E-state index in [0.29, 0.717) is 42.8 Å². The molecule has 41 heavy (non-hydrogen) atoms. The number of carbonyl (C=O) groups is 1. The number of carbonyl (C=O) groups excluding carboxylic acids is 1. The molecule has 0 saturated carbocycles. The van der Waals surface area contributed by atoms with E-state index in [1.54, 1.807) is 59.5 Å². The van der Waals surface area contributed by atoms with E-state index in [4.69, 9.17) is 32.9 Å². The molecule has 4 nitrogen and oxygen atoms in total. The Morgan fingerprint density at radius 3 is 2.34 bits per heavy atom. The number of benzene rings is 5. The Labute approximate surface area is 250 Å². The van der Waals surface area contributed by atoms with Crippen LogP contribution in [0.2, 0.25) is 10.0 Å². The molecule has 0 N–H and O–H groups in total. The van der Waals surface area contributed by atoms with Crippen LogP contribution in [-0.4, -0.2) is 11.1 Å². The van der Waals surface area contributed by atoms with Gasteiger partial charge in [0.1, 0.15) is 18.2 Å². The lowest BCUT2D eigenvalue weighted by Crippen LogP contribution is -2.28. The number of hydrogen-bond donors (Lipinski definition) is 0. The summed E-state index contributed by atoms with van der Waals surface area (Å²) < 4.78 is 20.0. The van der Waals surface area contributed by atoms with Gasteiger partial charge in [-0.3, -0.25) is 9.69 Å². The Balaban J connectivity index is 1.43. The summed E-state index contributed by atoms with van der Waals surface area (Å²) in [6.45, 7) is 0.174. The number of halogens is 3. The predicted octanol–water partition coefficient (Wildman–Crippen LogP) is 9.67. The first kappa shape index (κ1) is 27.1. The zero-order chi connectivity index (χ0) is 28.3. The number of amides is 1. The molecule has 1 saturated heterocycles. The maximum absolute atomic E-state index is 13.9. The number of fused-ring (bicyclic) bond motifs is 1. The highest BCUT2D eigenvalue weighted by Crippen LogP contribution is 2.40. The van der Waals surface area contributed by atoms with Gasteiger partial charge in [0, 0.05) is 15.6 Å². The van der Waals surface area contributed by atoms with Crippen LogP contribution in [0.4, 0.5) is 15.8 Å². The number of aliphatic imine (C=N–C) groups is 1. The molecule has 1 heterocycles. The van der Waals surface area contributed by atoms with Crippen molar-refractivity contribution in [1.29, 1.82) is 0 Å². The van der Waals surface area contributed by atoms with Crippen molar-refractivity contribution >= 4 is 74.3 Å². The summed E-state index contributed by atoms with van der Waals surface area (Å²) in [6.07, 6.45) is 1.84. The third-order valence-electron chi connectivity index (χ3n) is 6.43. The zero-order valence-electron chi connectivity index (χ0n) is 21.4. The van der Waals surface area contributed by atoms with Crippen LogP contribution in [0.1, 0.15) is 11.1 Å². The van der Waals surface area contributed by atoms with E-state index in [1.807, 2.05) is 48.5 Å². The van der Waals surface area contributed by atoms with Crippen molar-refractivity contribution in [2.24, 2.45) is 4.99 Å². The fourth-order valence-electron chi connectivity index (χ4n) is 4.46. The van der Waals surface area contributed by atoms with Crippen molar-refractivity contribution in [2.75, 3.05) is 4.90 Å². The molecule has 5 aromatic rings. The summed E-state index contributed by atoms with van der Waals surface area (Å²) in [4.78, 5) is 20.8. The Bertz CT molecular complexity index is 1820. The Kier molecular flexibility index (Phi) is 7.79. The molecule has 6 rings (SSSR count). The highest BCUT2D eigenvalue weighted by atomic mass is 35.5. The van der Waals surface area contributed by atoms with Gasteiger partial charge in [-0.15, -0.1) is 0 Å². The summed E-state index contributed by atoms with van der Waals surface area (Å²) in [5.74, 6) is 0.0266. The normalized spacial score (nSPS) is 15.3. The highest BCUT2D eigenvalue weighted by Gasteiger charge is 2.35. The van der Waals surface area contributed by atoms with Crippen molar-refractivity contribution in [3.05, 3.63) is 141 Å². The molecular formula is C33H21Cl2FN2O2S. The van der Waals surface area contributed by atoms with Gasteiger partial charge in [-0.1, -0.05) is 65.7 Å². The Morgan fingerprint density at radius 2 is 1.59 bits per heavy atom. The predicted molar refractivity (Wildman–Crippen MR) is 168 cm³/mol. The molecule has 0 atom stereocenters. The van der Waals surface area contributed by atoms with E-state index < -0.39 is 0 Å². The van der Waals surface area contributed by atoms with Gasteiger partial charge in [0.05, 0.1) is 16.3 Å². The fraction of sp³-hybridized carbons (Fsp3) is 0.0303. The van der Waals surface area contributed by atoms with Gasteiger partial charge >= 0.3 is 0 Å². The minimum atomic E-state index is -0.324. The minimum Gasteiger partial charge on any atom is -0.488 e. The molecule has 1 amide bonds. The molecule has 0 spiro atoms. The van der Waals surface area contributed by atoms with Crippen LogP contribution in [-0.2, 0) is 11.4 Å². The third kappa shape index (κ3) is 6.00. The SMILES string of the molecule is O=C1/C(=C/c2c(OCc3cccc(F)c3)ccc3ccccc23)SC(=Nc2ccc(Cl)cc2)N1c1ccc(Cl)cc1. The number of rotatable bonds is 6. The van der Waals surface area contributed by atoms with Crippen molar-refractivity contribution in [2.45, 2.75) is 6.61 Å². The van der Waals surface area contributed by atoms with Crippen LogP contribution >= 0.6 is 35.0 Å². The lowest BCUT2D eigenvalue weighted by molar-refractivity contribution is -0.113. The van der Waals surface area contributed by atoms with Crippen molar-refractivity contribution < 1.29 is 13.9 Å². The van der Waals surface area contributed by atoms with E-state index in [2.05, 4.69) is 0 Å². The highest BCUT2D eigenvalue weighted by molar-refractivity contribution is 8.19. The van der Waals surface area contributed by atoms with Crippen LogP contribution in [0.15, 0.2) is 119 Å². The molecule has 1 aliphatic heterocycles. The molecule has 0 radical (unpaired) electrons. The Morgan fingerprint density at radius 1 is 0.854 bits per heavy atom. The monoisotopic (exact) mass is 598 g/mol. The number of thioether (sulfide) groups is 1. The van der Waals surface area contributed by atoms with Crippen LogP contribution in [0.3, 0.4) is 0 Å². The van der Waals surface area contributed by atoms with Gasteiger partial charge in [-0.25, -0.2) is 9.38 Å². The van der Waals surface area contributed by atoms with E-state index in [0.717, 1.165) is 16.3 Å². The van der Waals surface area contributed by atoms with Crippen LogP contribution in [0.25, 0.3) is 16.8 Å². The second-order valence-corrected chi connectivity index (χ2v) is 11.1. The number of hydrogen-bond acceptors (Lipinski definition) is 4. The quantitative estimate of drug-likeness (QED) is 0.183. The lowest BCUT2D eigenvalue weighted by Gasteiger charge is -2.16. The van der Waals surface area contributed by atoms with Gasteiger partial charge < -0.3 is 4.74 Å². The molecule has 0 aliphatic carbocycles. The number of amidine groups is 1. The van der Waals surface area contributed by atoms with Crippen LogP contribution in [0.5, 0.6) is 5.75 Å². The summed E-state index contributed by atoms with van der Waals surface area (Å²) in [5.41, 5.74) is 2.76. The average molecular weight is 600 g/mol. The maximum atomic E-state index is 13.9. The summed E-state index contributed by atoms with van der Waals surface area (Å²) >= 11 is 13.5. The topological polar surface area (TPSA) is 41.9 Å². The molecular weight excluding hydrogens is 578 g/mol. The third-order valence-corrected chi connectivity index (χ3v) is 7.90. The second-order valence-electron chi connectivity index (χ2n) is 9.22. The summed E-state index contributed by atoms with van der Waals surface area (Å²) in [5, 5.41) is 3.58. The molecule has 0 unspecified atom stereocenters. The number of anilines is 1. The summed E-state index contributed by atoms with van der Waals surface area (Å²) in [7, 11) is 0. The van der Waals surface area contributed by atoms with Crippen molar-refractivity contribution in [3.63, 3.8) is 0 Å². The van der Waals surface area contributed by atoms with E-state index >= 15 is 0 Å². The lowest BCUT2D eigenvalue weighted by atomic mass is 10.0. The van der Waals surface area contributed by atoms with Gasteiger partial charge in [0.2, 0.25) is 0 Å². The van der Waals surface area contributed by atoms with Crippen molar-refractivity contribution in [1.82, 2.24) is 0 Å². The molecule has 0 aromatic heterocycles.